The predicted molar refractivity (Wildman–Crippen MR) is 44.7 cm³/mol. The number of anilines is 2. The lowest BCUT2D eigenvalue weighted by Gasteiger charge is -1.86. The third kappa shape index (κ3) is 1.79. The van der Waals surface area contributed by atoms with Crippen LogP contribution in [0.4, 0.5) is 12.0 Å². The SMILES string of the molecule is Nc1n[nH]c(-c2nnc(N[N+](=O)[O-])o2)n1. The van der Waals surface area contributed by atoms with Gasteiger partial charge in [0.2, 0.25) is 11.8 Å². The van der Waals surface area contributed by atoms with Crippen molar-refractivity contribution in [2.75, 3.05) is 11.2 Å². The maximum absolute atomic E-state index is 10.0. The smallest absolute Gasteiger partial charge is 0.375 e. The van der Waals surface area contributed by atoms with E-state index in [0.717, 1.165) is 0 Å². The van der Waals surface area contributed by atoms with Crippen molar-refractivity contribution in [3.63, 3.8) is 0 Å². The van der Waals surface area contributed by atoms with E-state index in [1.54, 1.807) is 5.43 Å². The topological polar surface area (TPSA) is 162 Å². The maximum atomic E-state index is 10.0. The van der Waals surface area contributed by atoms with Crippen molar-refractivity contribution in [2.45, 2.75) is 0 Å². The van der Waals surface area contributed by atoms with E-state index in [-0.39, 0.29) is 23.7 Å². The summed E-state index contributed by atoms with van der Waals surface area (Å²) in [5.41, 5.74) is 6.93. The number of nitro groups is 1. The Morgan fingerprint density at radius 3 is 2.93 bits per heavy atom. The van der Waals surface area contributed by atoms with Gasteiger partial charge in [0.1, 0.15) is 0 Å². The van der Waals surface area contributed by atoms with Crippen LogP contribution in [0.5, 0.6) is 0 Å². The highest BCUT2D eigenvalue weighted by Gasteiger charge is 2.14. The van der Waals surface area contributed by atoms with Crippen molar-refractivity contribution >= 4 is 12.0 Å². The third-order valence-electron chi connectivity index (χ3n) is 1.32. The highest BCUT2D eigenvalue weighted by atomic mass is 16.7. The number of hydrazine groups is 1. The zero-order valence-corrected chi connectivity index (χ0v) is 7.04. The van der Waals surface area contributed by atoms with Gasteiger partial charge in [-0.1, -0.05) is 10.5 Å². The van der Waals surface area contributed by atoms with E-state index in [2.05, 4.69) is 25.4 Å². The Hall–Kier alpha value is -2.72. The Bertz CT molecular complexity index is 488. The van der Waals surface area contributed by atoms with Gasteiger partial charge in [-0.2, -0.15) is 4.98 Å². The van der Waals surface area contributed by atoms with Crippen LogP contribution in [0.15, 0.2) is 4.42 Å². The molecule has 2 rings (SSSR count). The minimum Gasteiger partial charge on any atom is -0.397 e. The molecule has 0 unspecified atom stereocenters. The van der Waals surface area contributed by atoms with E-state index in [0.29, 0.717) is 0 Å². The molecule has 0 saturated heterocycles. The molecule has 2 heterocycles. The maximum Gasteiger partial charge on any atom is 0.375 e. The molecule has 0 amide bonds. The fourth-order valence-electron chi connectivity index (χ4n) is 0.813. The molecule has 0 radical (unpaired) electrons. The highest BCUT2D eigenvalue weighted by Crippen LogP contribution is 2.15. The lowest BCUT2D eigenvalue weighted by atomic mass is 10.6. The molecule has 0 saturated carbocycles. The number of aromatic amines is 1. The number of nitrogens with two attached hydrogens (primary N) is 1. The predicted octanol–water partition coefficient (Wildman–Crippen LogP) is -0.960. The van der Waals surface area contributed by atoms with Gasteiger partial charge in [0.25, 0.3) is 5.89 Å². The van der Waals surface area contributed by atoms with Gasteiger partial charge in [0.05, 0.1) is 0 Å². The zero-order chi connectivity index (χ0) is 10.8. The van der Waals surface area contributed by atoms with Gasteiger partial charge in [0, 0.05) is 0 Å². The van der Waals surface area contributed by atoms with Crippen LogP contribution in [0.1, 0.15) is 0 Å². The van der Waals surface area contributed by atoms with Gasteiger partial charge in [-0.3, -0.25) is 5.10 Å². The van der Waals surface area contributed by atoms with Crippen LogP contribution in [-0.4, -0.2) is 30.4 Å². The lowest BCUT2D eigenvalue weighted by molar-refractivity contribution is -0.447. The molecular weight excluding hydrogens is 208 g/mol. The normalized spacial score (nSPS) is 10.1. The van der Waals surface area contributed by atoms with Gasteiger partial charge in [-0.15, -0.1) is 10.2 Å². The first-order valence-electron chi connectivity index (χ1n) is 3.58. The van der Waals surface area contributed by atoms with Crippen LogP contribution in [0.3, 0.4) is 0 Å². The molecule has 78 valence electrons. The Morgan fingerprint density at radius 2 is 2.33 bits per heavy atom. The third-order valence-corrected chi connectivity index (χ3v) is 1.32. The summed E-state index contributed by atoms with van der Waals surface area (Å²) in [6, 6.07) is -0.357. The van der Waals surface area contributed by atoms with Gasteiger partial charge < -0.3 is 10.2 Å². The molecule has 0 spiro atoms. The molecule has 0 fully saturated rings. The Morgan fingerprint density at radius 1 is 1.53 bits per heavy atom. The Kier molecular flexibility index (Phi) is 1.89. The van der Waals surface area contributed by atoms with Gasteiger partial charge in [-0.05, 0) is 0 Å². The molecule has 0 aliphatic rings. The number of H-pyrrole nitrogens is 1. The number of nitrogens with zero attached hydrogens (tertiary/aromatic N) is 5. The minimum absolute atomic E-state index is 0.00647. The van der Waals surface area contributed by atoms with Crippen molar-refractivity contribution in [2.24, 2.45) is 0 Å². The molecule has 0 aromatic carbocycles. The van der Waals surface area contributed by atoms with Crippen molar-refractivity contribution in [3.05, 3.63) is 10.1 Å². The number of nitrogen functional groups attached to an aromatic ring is 1. The first-order valence-corrected chi connectivity index (χ1v) is 3.58. The van der Waals surface area contributed by atoms with Crippen LogP contribution in [0, 0.1) is 10.1 Å². The lowest BCUT2D eigenvalue weighted by Crippen LogP contribution is -2.07. The highest BCUT2D eigenvalue weighted by molar-refractivity contribution is 5.42. The summed E-state index contributed by atoms with van der Waals surface area (Å²) < 4.78 is 4.83. The quantitative estimate of drug-likeness (QED) is 0.429. The van der Waals surface area contributed by atoms with Gasteiger partial charge in [0.15, 0.2) is 5.03 Å². The number of aromatic nitrogens is 5. The van der Waals surface area contributed by atoms with Crippen molar-refractivity contribution in [1.29, 1.82) is 0 Å². The number of hydrogen-bond donors (Lipinski definition) is 3. The fraction of sp³-hybridized carbons (Fsp3) is 0. The van der Waals surface area contributed by atoms with E-state index in [1.807, 2.05) is 0 Å². The van der Waals surface area contributed by atoms with Crippen LogP contribution < -0.4 is 11.2 Å². The summed E-state index contributed by atoms with van der Waals surface area (Å²) in [4.78, 5) is 13.7. The summed E-state index contributed by atoms with van der Waals surface area (Å²) in [6.07, 6.45) is 0. The number of rotatable bonds is 3. The Labute approximate surface area is 80.8 Å². The van der Waals surface area contributed by atoms with Crippen LogP contribution in [-0.2, 0) is 0 Å². The standard InChI is InChI=1S/C4H4N8O3/c5-3-6-1(7-9-3)2-8-10-4(15-2)11-12(13)14/h(H,10,11)(H3,5,6,7,9). The summed E-state index contributed by atoms with van der Waals surface area (Å²) in [7, 11) is 0. The van der Waals surface area contributed by atoms with E-state index < -0.39 is 5.03 Å². The summed E-state index contributed by atoms with van der Waals surface area (Å²) >= 11 is 0. The molecule has 0 aliphatic heterocycles. The summed E-state index contributed by atoms with van der Waals surface area (Å²) in [5.74, 6) is 0.0898. The van der Waals surface area contributed by atoms with Crippen LogP contribution in [0.2, 0.25) is 0 Å². The van der Waals surface area contributed by atoms with E-state index in [4.69, 9.17) is 10.2 Å². The largest absolute Gasteiger partial charge is 0.397 e. The van der Waals surface area contributed by atoms with Crippen LogP contribution >= 0.6 is 0 Å². The molecule has 11 nitrogen and oxygen atoms in total. The van der Waals surface area contributed by atoms with E-state index >= 15 is 0 Å². The molecule has 4 N–H and O–H groups in total. The molecule has 0 bridgehead atoms. The fourth-order valence-corrected chi connectivity index (χ4v) is 0.813. The number of hydrogen-bond acceptors (Lipinski definition) is 8. The second-order valence-electron chi connectivity index (χ2n) is 2.32. The summed E-state index contributed by atoms with van der Waals surface area (Å²) in [6.45, 7) is 0. The minimum atomic E-state index is -0.827. The van der Waals surface area contributed by atoms with E-state index in [9.17, 15) is 10.1 Å². The molecule has 11 heteroatoms. The monoisotopic (exact) mass is 212 g/mol. The van der Waals surface area contributed by atoms with Crippen LogP contribution in [0.25, 0.3) is 11.7 Å². The second-order valence-corrected chi connectivity index (χ2v) is 2.32. The molecule has 2 aromatic rings. The average molecular weight is 212 g/mol. The summed E-state index contributed by atoms with van der Waals surface area (Å²) in [5, 5.41) is 22.0. The van der Waals surface area contributed by atoms with Gasteiger partial charge >= 0.3 is 6.01 Å². The van der Waals surface area contributed by atoms with Crippen molar-refractivity contribution < 1.29 is 9.45 Å². The molecular formula is C4H4N8O3. The van der Waals surface area contributed by atoms with Crippen molar-refractivity contribution in [3.8, 4) is 11.7 Å². The Balaban J connectivity index is 2.23. The molecule has 15 heavy (non-hydrogen) atoms. The van der Waals surface area contributed by atoms with Crippen molar-refractivity contribution in [1.82, 2.24) is 25.4 Å². The molecule has 0 aliphatic carbocycles. The first kappa shape index (κ1) is 8.86. The van der Waals surface area contributed by atoms with Gasteiger partial charge in [-0.25, -0.2) is 10.1 Å². The second kappa shape index (κ2) is 3.21. The zero-order valence-electron chi connectivity index (χ0n) is 7.04. The molecule has 2 aromatic heterocycles. The van der Waals surface area contributed by atoms with E-state index in [1.165, 1.54) is 0 Å². The first-order chi connectivity index (χ1) is 7.15. The molecule has 0 atom stereocenters. The number of nitrogens with one attached hydrogen (secondary N) is 2. The average Bonchev–Trinajstić information content (AvgIpc) is 2.72.